The average molecular weight is 496 g/mol. The quantitative estimate of drug-likeness (QED) is 0.346. The Morgan fingerprint density at radius 3 is 2.70 bits per heavy atom. The van der Waals surface area contributed by atoms with Crippen molar-refractivity contribution in [2.45, 2.75) is 18.1 Å². The van der Waals surface area contributed by atoms with Crippen LogP contribution in [0.5, 0.6) is 0 Å². The van der Waals surface area contributed by atoms with E-state index in [-0.39, 0.29) is 9.99 Å². The van der Waals surface area contributed by atoms with Crippen LogP contribution < -0.4 is 4.72 Å². The predicted octanol–water partition coefficient (Wildman–Crippen LogP) is 4.56. The average Bonchev–Trinajstić information content (AvgIpc) is 3.53. The summed E-state index contributed by atoms with van der Waals surface area (Å²) in [5.41, 5.74) is 3.12. The lowest BCUT2D eigenvalue weighted by Gasteiger charge is -2.10. The standard InChI is InChI=1S/C22H17N5O3S3/c1-13-22(32-14(2)25-13)33(29,30)26-16-6-3-5-15(11-16)18-8-9-23-21-17(12-24-27(18)21)20(28)19-7-4-10-31-19/h3-12,26H,1-2H3. The van der Waals surface area contributed by atoms with E-state index in [1.807, 2.05) is 17.5 Å². The monoisotopic (exact) mass is 495 g/mol. The van der Waals surface area contributed by atoms with Crippen molar-refractivity contribution >= 4 is 49.8 Å². The number of rotatable bonds is 6. The second kappa shape index (κ2) is 8.18. The SMILES string of the molecule is Cc1nc(C)c(S(=O)(=O)Nc2cccc(-c3ccnc4c(C(=O)c5cccs5)cnn34)c2)s1. The van der Waals surface area contributed by atoms with Crippen LogP contribution in [-0.4, -0.2) is 33.8 Å². The largest absolute Gasteiger partial charge is 0.287 e. The van der Waals surface area contributed by atoms with Crippen LogP contribution in [0.4, 0.5) is 5.69 Å². The number of carbonyl (C=O) groups is 1. The fourth-order valence-electron chi connectivity index (χ4n) is 3.52. The Balaban J connectivity index is 1.52. The first-order valence-corrected chi connectivity index (χ1v) is 13.0. The molecule has 0 unspecified atom stereocenters. The number of nitrogens with zero attached hydrogens (tertiary/aromatic N) is 4. The zero-order valence-electron chi connectivity index (χ0n) is 17.5. The van der Waals surface area contributed by atoms with Gasteiger partial charge in [-0.25, -0.2) is 22.9 Å². The first-order valence-electron chi connectivity index (χ1n) is 9.82. The van der Waals surface area contributed by atoms with Crippen molar-refractivity contribution < 1.29 is 13.2 Å². The van der Waals surface area contributed by atoms with E-state index in [2.05, 4.69) is 19.8 Å². The highest BCUT2D eigenvalue weighted by Gasteiger charge is 2.22. The van der Waals surface area contributed by atoms with Crippen LogP contribution in [0.25, 0.3) is 16.9 Å². The van der Waals surface area contributed by atoms with Crippen LogP contribution in [-0.2, 0) is 10.0 Å². The molecule has 5 rings (SSSR count). The Morgan fingerprint density at radius 2 is 1.97 bits per heavy atom. The third kappa shape index (κ3) is 3.94. The number of hydrogen-bond acceptors (Lipinski definition) is 8. The molecule has 1 aromatic carbocycles. The third-order valence-corrected chi connectivity index (χ3v) is 8.84. The molecule has 11 heteroatoms. The minimum atomic E-state index is -3.77. The molecule has 0 saturated heterocycles. The molecule has 0 amide bonds. The lowest BCUT2D eigenvalue weighted by atomic mass is 10.1. The van der Waals surface area contributed by atoms with Gasteiger partial charge in [-0.2, -0.15) is 5.10 Å². The molecular weight excluding hydrogens is 478 g/mol. The van der Waals surface area contributed by atoms with Gasteiger partial charge in [0.1, 0.15) is 0 Å². The van der Waals surface area contributed by atoms with Crippen molar-refractivity contribution in [1.82, 2.24) is 19.6 Å². The molecule has 0 fully saturated rings. The molecule has 4 aromatic heterocycles. The van der Waals surface area contributed by atoms with E-state index in [9.17, 15) is 13.2 Å². The first-order chi connectivity index (χ1) is 15.8. The van der Waals surface area contributed by atoms with E-state index < -0.39 is 10.0 Å². The number of fused-ring (bicyclic) bond motifs is 1. The number of benzene rings is 1. The summed E-state index contributed by atoms with van der Waals surface area (Å²) in [5.74, 6) is -0.138. The van der Waals surface area contributed by atoms with Crippen molar-refractivity contribution in [1.29, 1.82) is 0 Å². The Kier molecular flexibility index (Phi) is 5.31. The Morgan fingerprint density at radius 1 is 1.12 bits per heavy atom. The zero-order chi connectivity index (χ0) is 23.2. The van der Waals surface area contributed by atoms with Gasteiger partial charge in [-0.15, -0.1) is 22.7 Å². The predicted molar refractivity (Wildman–Crippen MR) is 129 cm³/mol. The van der Waals surface area contributed by atoms with E-state index in [0.29, 0.717) is 38.2 Å². The number of carbonyl (C=O) groups excluding carboxylic acids is 1. The number of ketones is 1. The molecule has 0 atom stereocenters. The minimum Gasteiger partial charge on any atom is -0.287 e. The molecule has 5 aromatic rings. The topological polar surface area (TPSA) is 106 Å². The van der Waals surface area contributed by atoms with Crippen LogP contribution in [0, 0.1) is 13.8 Å². The van der Waals surface area contributed by atoms with Gasteiger partial charge >= 0.3 is 0 Å². The second-order valence-electron chi connectivity index (χ2n) is 7.22. The van der Waals surface area contributed by atoms with E-state index in [4.69, 9.17) is 0 Å². The number of aromatic nitrogens is 4. The maximum absolute atomic E-state index is 12.9. The van der Waals surface area contributed by atoms with Gasteiger partial charge in [-0.1, -0.05) is 18.2 Å². The third-order valence-electron chi connectivity index (χ3n) is 4.91. The van der Waals surface area contributed by atoms with Gasteiger partial charge in [0.2, 0.25) is 5.78 Å². The second-order valence-corrected chi connectivity index (χ2v) is 11.3. The molecular formula is C22H17N5O3S3. The number of thiazole rings is 1. The molecule has 0 radical (unpaired) electrons. The van der Waals surface area contributed by atoms with Crippen LogP contribution >= 0.6 is 22.7 Å². The van der Waals surface area contributed by atoms with E-state index in [0.717, 1.165) is 16.9 Å². The van der Waals surface area contributed by atoms with Gasteiger partial charge in [-0.05, 0) is 43.5 Å². The molecule has 0 saturated carbocycles. The number of sulfonamides is 1. The molecule has 4 heterocycles. The van der Waals surface area contributed by atoms with E-state index >= 15 is 0 Å². The van der Waals surface area contributed by atoms with Crippen LogP contribution in [0.1, 0.15) is 25.9 Å². The maximum atomic E-state index is 12.9. The Hall–Kier alpha value is -3.41. The van der Waals surface area contributed by atoms with Gasteiger partial charge in [0.05, 0.1) is 33.0 Å². The number of thiophene rings is 1. The molecule has 1 N–H and O–H groups in total. The molecule has 0 bridgehead atoms. The minimum absolute atomic E-state index is 0.138. The van der Waals surface area contributed by atoms with Gasteiger partial charge < -0.3 is 0 Å². The summed E-state index contributed by atoms with van der Waals surface area (Å²) in [5, 5.41) is 6.92. The molecule has 0 aliphatic rings. The van der Waals surface area contributed by atoms with Crippen molar-refractivity contribution in [2.75, 3.05) is 4.72 Å². The highest BCUT2D eigenvalue weighted by molar-refractivity contribution is 7.94. The van der Waals surface area contributed by atoms with Crippen LogP contribution in [0.15, 0.2) is 64.4 Å². The summed E-state index contributed by atoms with van der Waals surface area (Å²) in [7, 11) is -3.77. The van der Waals surface area contributed by atoms with Crippen molar-refractivity contribution in [3.05, 3.63) is 81.4 Å². The van der Waals surface area contributed by atoms with Gasteiger partial charge in [-0.3, -0.25) is 9.52 Å². The fourth-order valence-corrected chi connectivity index (χ4v) is 6.73. The number of nitrogens with one attached hydrogen (secondary N) is 1. The molecule has 0 spiro atoms. The number of anilines is 1. The van der Waals surface area contributed by atoms with Crippen molar-refractivity contribution in [3.63, 3.8) is 0 Å². The molecule has 0 aliphatic heterocycles. The lowest BCUT2D eigenvalue weighted by molar-refractivity contribution is 0.104. The Labute approximate surface area is 197 Å². The fraction of sp³-hybridized carbons (Fsp3) is 0.0909. The summed E-state index contributed by atoms with van der Waals surface area (Å²) in [6.45, 7) is 3.45. The molecule has 0 aliphatic carbocycles. The molecule has 33 heavy (non-hydrogen) atoms. The maximum Gasteiger partial charge on any atom is 0.273 e. The summed E-state index contributed by atoms with van der Waals surface area (Å²) < 4.78 is 30.2. The summed E-state index contributed by atoms with van der Waals surface area (Å²) >= 11 is 2.50. The summed E-state index contributed by atoms with van der Waals surface area (Å²) in [4.78, 5) is 22.0. The van der Waals surface area contributed by atoms with Crippen molar-refractivity contribution in [3.8, 4) is 11.3 Å². The summed E-state index contributed by atoms with van der Waals surface area (Å²) in [6, 6.07) is 12.4. The Bertz CT molecular complexity index is 1600. The number of aryl methyl sites for hydroxylation is 2. The van der Waals surface area contributed by atoms with E-state index in [1.54, 1.807) is 54.9 Å². The number of hydrogen-bond donors (Lipinski definition) is 1. The smallest absolute Gasteiger partial charge is 0.273 e. The molecule has 166 valence electrons. The molecule has 8 nitrogen and oxygen atoms in total. The van der Waals surface area contributed by atoms with Crippen LogP contribution in [0.3, 0.4) is 0 Å². The first kappa shape index (κ1) is 21.4. The van der Waals surface area contributed by atoms with E-state index in [1.165, 1.54) is 17.5 Å². The normalized spacial score (nSPS) is 11.7. The highest BCUT2D eigenvalue weighted by Crippen LogP contribution is 2.28. The van der Waals surface area contributed by atoms with Gasteiger partial charge in [0, 0.05) is 17.4 Å². The van der Waals surface area contributed by atoms with Gasteiger partial charge in [0.25, 0.3) is 10.0 Å². The lowest BCUT2D eigenvalue weighted by Crippen LogP contribution is -2.12. The summed E-state index contributed by atoms with van der Waals surface area (Å²) in [6.07, 6.45) is 3.12. The van der Waals surface area contributed by atoms with Crippen LogP contribution in [0.2, 0.25) is 0 Å². The highest BCUT2D eigenvalue weighted by atomic mass is 32.2. The van der Waals surface area contributed by atoms with Gasteiger partial charge in [0.15, 0.2) is 9.86 Å². The van der Waals surface area contributed by atoms with Crippen molar-refractivity contribution in [2.24, 2.45) is 0 Å². The zero-order valence-corrected chi connectivity index (χ0v) is 20.0.